The molecular weight excluding hydrogens is 471 g/mol. The first-order valence-corrected chi connectivity index (χ1v) is 9.63. The summed E-state index contributed by atoms with van der Waals surface area (Å²) in [5, 5.41) is 9.43. The maximum Gasteiger partial charge on any atom is 0.242 e. The first-order chi connectivity index (χ1) is 12.9. The van der Waals surface area contributed by atoms with Crippen molar-refractivity contribution in [3.8, 4) is 11.5 Å². The van der Waals surface area contributed by atoms with Gasteiger partial charge in [0, 0.05) is 30.3 Å². The minimum Gasteiger partial charge on any atom is -0.490 e. The molecular formula is C20H33IN4O3. The number of unbranched alkanes of at least 4 members (excludes halogenated alkanes) is 1. The second-order valence-electron chi connectivity index (χ2n) is 7.58. The van der Waals surface area contributed by atoms with Crippen LogP contribution in [-0.2, 0) is 4.79 Å². The lowest BCUT2D eigenvalue weighted by Gasteiger charge is -2.20. The third-order valence-electron chi connectivity index (χ3n) is 3.73. The normalized spacial score (nSPS) is 13.8. The molecule has 0 bridgehead atoms. The van der Waals surface area contributed by atoms with E-state index >= 15 is 0 Å². The van der Waals surface area contributed by atoms with Gasteiger partial charge in [-0.1, -0.05) is 13.3 Å². The van der Waals surface area contributed by atoms with Crippen LogP contribution in [0.3, 0.4) is 0 Å². The monoisotopic (exact) mass is 504 g/mol. The molecule has 3 N–H and O–H groups in total. The van der Waals surface area contributed by atoms with Crippen LogP contribution in [0, 0.1) is 0 Å². The molecule has 0 spiro atoms. The summed E-state index contributed by atoms with van der Waals surface area (Å²) < 4.78 is 11.4. The highest BCUT2D eigenvalue weighted by Crippen LogP contribution is 2.32. The third kappa shape index (κ3) is 8.99. The molecule has 7 nitrogen and oxygen atoms in total. The zero-order valence-electron chi connectivity index (χ0n) is 17.3. The lowest BCUT2D eigenvalue weighted by Crippen LogP contribution is -2.42. The molecule has 2 rings (SSSR count). The molecule has 1 aromatic carbocycles. The SMILES string of the molecule is CCCCNC(=NCC(=O)NC(C)(C)C)Nc1ccc2c(c1)OCCCO2.I. The number of halogens is 1. The molecule has 1 heterocycles. The molecule has 0 aliphatic carbocycles. The minimum absolute atomic E-state index is 0. The molecule has 0 saturated carbocycles. The summed E-state index contributed by atoms with van der Waals surface area (Å²) in [7, 11) is 0. The molecule has 0 saturated heterocycles. The molecule has 1 aromatic rings. The summed E-state index contributed by atoms with van der Waals surface area (Å²) in [5.74, 6) is 1.93. The maximum atomic E-state index is 12.1. The molecule has 1 amide bonds. The summed E-state index contributed by atoms with van der Waals surface area (Å²) in [4.78, 5) is 16.5. The van der Waals surface area contributed by atoms with Gasteiger partial charge in [0.1, 0.15) is 6.54 Å². The van der Waals surface area contributed by atoms with Crippen molar-refractivity contribution in [3.05, 3.63) is 18.2 Å². The summed E-state index contributed by atoms with van der Waals surface area (Å²) >= 11 is 0. The van der Waals surface area contributed by atoms with E-state index in [0.717, 1.165) is 43.0 Å². The number of carbonyl (C=O) groups excluding carboxylic acids is 1. The number of fused-ring (bicyclic) bond motifs is 1. The molecule has 158 valence electrons. The van der Waals surface area contributed by atoms with Gasteiger partial charge in [-0.05, 0) is 39.3 Å². The van der Waals surface area contributed by atoms with Crippen molar-refractivity contribution in [2.24, 2.45) is 4.99 Å². The number of nitrogens with one attached hydrogen (secondary N) is 3. The van der Waals surface area contributed by atoms with Gasteiger partial charge in [-0.2, -0.15) is 0 Å². The van der Waals surface area contributed by atoms with Crippen LogP contribution in [-0.4, -0.2) is 43.7 Å². The number of ether oxygens (including phenoxy) is 2. The number of hydrogen-bond donors (Lipinski definition) is 3. The van der Waals surface area contributed by atoms with Crippen LogP contribution in [0.4, 0.5) is 5.69 Å². The van der Waals surface area contributed by atoms with Crippen molar-refractivity contribution in [1.29, 1.82) is 0 Å². The number of amides is 1. The fourth-order valence-corrected chi connectivity index (χ4v) is 2.51. The van der Waals surface area contributed by atoms with E-state index in [-0.39, 0.29) is 42.0 Å². The highest BCUT2D eigenvalue weighted by Gasteiger charge is 2.14. The standard InChI is InChI=1S/C20H32N4O3.HI/c1-5-6-10-21-19(22-14-18(25)24-20(2,3)4)23-15-8-9-16-17(13-15)27-12-7-11-26-16;/h8-9,13H,5-7,10-12,14H2,1-4H3,(H,24,25)(H2,21,22,23);1H. The Hall–Kier alpha value is -1.71. The Morgan fingerprint density at radius 2 is 1.89 bits per heavy atom. The van der Waals surface area contributed by atoms with Gasteiger partial charge in [0.05, 0.1) is 13.2 Å². The van der Waals surface area contributed by atoms with Crippen LogP contribution >= 0.6 is 24.0 Å². The van der Waals surface area contributed by atoms with Crippen LogP contribution in [0.15, 0.2) is 23.2 Å². The van der Waals surface area contributed by atoms with Crippen LogP contribution in [0.25, 0.3) is 0 Å². The van der Waals surface area contributed by atoms with Gasteiger partial charge in [0.15, 0.2) is 17.5 Å². The fraction of sp³-hybridized carbons (Fsp3) is 0.600. The molecule has 0 unspecified atom stereocenters. The van der Waals surface area contributed by atoms with Crippen molar-refractivity contribution in [2.75, 3.05) is 31.6 Å². The van der Waals surface area contributed by atoms with Crippen LogP contribution < -0.4 is 25.4 Å². The van der Waals surface area contributed by atoms with Crippen molar-refractivity contribution in [2.45, 2.75) is 52.5 Å². The average Bonchev–Trinajstić information content (AvgIpc) is 2.83. The number of anilines is 1. The van der Waals surface area contributed by atoms with Gasteiger partial charge in [-0.25, -0.2) is 4.99 Å². The number of nitrogens with zero attached hydrogens (tertiary/aromatic N) is 1. The second kappa shape index (κ2) is 12.0. The van der Waals surface area contributed by atoms with Crippen molar-refractivity contribution in [3.63, 3.8) is 0 Å². The number of benzene rings is 1. The molecule has 8 heteroatoms. The number of aliphatic imine (C=N–C) groups is 1. The summed E-state index contributed by atoms with van der Waals surface area (Å²) in [6.45, 7) is 10.1. The summed E-state index contributed by atoms with van der Waals surface area (Å²) in [5.41, 5.74) is 0.558. The smallest absolute Gasteiger partial charge is 0.242 e. The second-order valence-corrected chi connectivity index (χ2v) is 7.58. The van der Waals surface area contributed by atoms with Gasteiger partial charge >= 0.3 is 0 Å². The largest absolute Gasteiger partial charge is 0.490 e. The van der Waals surface area contributed by atoms with Crippen molar-refractivity contribution in [1.82, 2.24) is 10.6 Å². The van der Waals surface area contributed by atoms with Crippen LogP contribution in [0.5, 0.6) is 11.5 Å². The predicted octanol–water partition coefficient (Wildman–Crippen LogP) is 3.54. The third-order valence-corrected chi connectivity index (χ3v) is 3.73. The van der Waals surface area contributed by atoms with Crippen LogP contribution in [0.1, 0.15) is 47.0 Å². The molecule has 1 aliphatic rings. The van der Waals surface area contributed by atoms with Crippen molar-refractivity contribution < 1.29 is 14.3 Å². The Bertz CT molecular complexity index is 659. The lowest BCUT2D eigenvalue weighted by molar-refractivity contribution is -0.121. The highest BCUT2D eigenvalue weighted by molar-refractivity contribution is 14.0. The van der Waals surface area contributed by atoms with Gasteiger partial charge in [-0.3, -0.25) is 4.79 Å². The highest BCUT2D eigenvalue weighted by atomic mass is 127. The topological polar surface area (TPSA) is 84.0 Å². The van der Waals surface area contributed by atoms with E-state index in [1.807, 2.05) is 39.0 Å². The number of guanidine groups is 1. The van der Waals surface area contributed by atoms with Gasteiger partial charge in [-0.15, -0.1) is 24.0 Å². The van der Waals surface area contributed by atoms with E-state index in [0.29, 0.717) is 19.2 Å². The van der Waals surface area contributed by atoms with E-state index < -0.39 is 0 Å². The number of carbonyl (C=O) groups is 1. The Labute approximate surface area is 185 Å². The number of hydrogen-bond acceptors (Lipinski definition) is 4. The molecule has 0 fully saturated rings. The minimum atomic E-state index is -0.274. The molecule has 0 atom stereocenters. The Morgan fingerprint density at radius 1 is 1.18 bits per heavy atom. The Morgan fingerprint density at radius 3 is 2.57 bits per heavy atom. The fourth-order valence-electron chi connectivity index (χ4n) is 2.51. The molecule has 0 aromatic heterocycles. The average molecular weight is 504 g/mol. The summed E-state index contributed by atoms with van der Waals surface area (Å²) in [6.07, 6.45) is 2.97. The van der Waals surface area contributed by atoms with Crippen LogP contribution in [0.2, 0.25) is 0 Å². The first-order valence-electron chi connectivity index (χ1n) is 9.63. The Balaban J connectivity index is 0.00000392. The zero-order chi connectivity index (χ0) is 19.7. The molecule has 1 aliphatic heterocycles. The van der Waals surface area contributed by atoms with E-state index in [9.17, 15) is 4.79 Å². The number of rotatable bonds is 6. The zero-order valence-corrected chi connectivity index (χ0v) is 19.6. The first kappa shape index (κ1) is 24.3. The van der Waals surface area contributed by atoms with E-state index in [2.05, 4.69) is 27.9 Å². The van der Waals surface area contributed by atoms with E-state index in [4.69, 9.17) is 9.47 Å². The predicted molar refractivity (Wildman–Crippen MR) is 124 cm³/mol. The lowest BCUT2D eigenvalue weighted by atomic mass is 10.1. The molecule has 28 heavy (non-hydrogen) atoms. The quantitative estimate of drug-likeness (QED) is 0.239. The van der Waals surface area contributed by atoms with E-state index in [1.54, 1.807) is 0 Å². The summed E-state index contributed by atoms with van der Waals surface area (Å²) in [6, 6.07) is 5.70. The van der Waals surface area contributed by atoms with Gasteiger partial charge < -0.3 is 25.4 Å². The molecule has 0 radical (unpaired) electrons. The van der Waals surface area contributed by atoms with Gasteiger partial charge in [0.2, 0.25) is 5.91 Å². The maximum absolute atomic E-state index is 12.1. The Kier molecular flexibility index (Phi) is 10.4. The van der Waals surface area contributed by atoms with Gasteiger partial charge in [0.25, 0.3) is 0 Å². The van der Waals surface area contributed by atoms with Crippen molar-refractivity contribution >= 4 is 41.5 Å². The van der Waals surface area contributed by atoms with E-state index in [1.165, 1.54) is 0 Å².